The van der Waals surface area contributed by atoms with Gasteiger partial charge in [-0.25, -0.2) is 0 Å². The number of hydrogen-bond acceptors (Lipinski definition) is 4. The maximum Gasteiger partial charge on any atom is 0.142 e. The van der Waals surface area contributed by atoms with Gasteiger partial charge in [0.15, 0.2) is 0 Å². The molecule has 2 heterocycles. The number of benzene rings is 1. The molecule has 0 amide bonds. The van der Waals surface area contributed by atoms with Crippen molar-refractivity contribution in [1.82, 2.24) is 9.80 Å². The minimum absolute atomic E-state index is 0.775. The van der Waals surface area contributed by atoms with Crippen LogP contribution in [0.2, 0.25) is 0 Å². The van der Waals surface area contributed by atoms with Crippen molar-refractivity contribution in [3.63, 3.8) is 0 Å². The quantitative estimate of drug-likeness (QED) is 0.827. The number of piperazine rings is 1. The summed E-state index contributed by atoms with van der Waals surface area (Å²) in [5, 5.41) is 0. The summed E-state index contributed by atoms with van der Waals surface area (Å²) in [6.07, 6.45) is 5.71. The molecule has 0 bridgehead atoms. The fourth-order valence-electron chi connectivity index (χ4n) is 4.38. The van der Waals surface area contributed by atoms with Crippen LogP contribution in [0.3, 0.4) is 0 Å². The summed E-state index contributed by atoms with van der Waals surface area (Å²) in [5.74, 6) is 2.02. The number of hydrogen-bond donors (Lipinski definition) is 0. The van der Waals surface area contributed by atoms with E-state index in [9.17, 15) is 0 Å². The second kappa shape index (κ2) is 7.32. The predicted octanol–water partition coefficient (Wildman–Crippen LogP) is 2.69. The summed E-state index contributed by atoms with van der Waals surface area (Å²) in [6.45, 7) is 8.57. The zero-order valence-corrected chi connectivity index (χ0v) is 15.0. The number of piperidine rings is 1. The lowest BCUT2D eigenvalue weighted by atomic mass is 10.0. The number of methoxy groups -OCH3 is 1. The molecule has 0 N–H and O–H groups in total. The lowest BCUT2D eigenvalue weighted by Crippen LogP contribution is -2.55. The van der Waals surface area contributed by atoms with Gasteiger partial charge < -0.3 is 14.5 Å². The zero-order valence-electron chi connectivity index (χ0n) is 15.0. The van der Waals surface area contributed by atoms with Gasteiger partial charge in [0.05, 0.1) is 12.8 Å². The molecule has 0 unspecified atom stereocenters. The first kappa shape index (κ1) is 16.2. The molecular weight excluding hydrogens is 298 g/mol. The van der Waals surface area contributed by atoms with Crippen molar-refractivity contribution in [1.29, 1.82) is 0 Å². The van der Waals surface area contributed by atoms with E-state index in [1.165, 1.54) is 64.1 Å². The normalized spacial score (nSPS) is 26.5. The van der Waals surface area contributed by atoms with Crippen molar-refractivity contribution >= 4 is 5.69 Å². The fourth-order valence-corrected chi connectivity index (χ4v) is 4.38. The van der Waals surface area contributed by atoms with E-state index < -0.39 is 0 Å². The molecule has 0 spiro atoms. The first-order valence-electron chi connectivity index (χ1n) is 9.68. The Labute approximate surface area is 146 Å². The minimum Gasteiger partial charge on any atom is -0.495 e. The summed E-state index contributed by atoms with van der Waals surface area (Å²) in [4.78, 5) is 7.96. The molecule has 1 aliphatic carbocycles. The van der Waals surface area contributed by atoms with Crippen molar-refractivity contribution < 1.29 is 4.74 Å². The maximum absolute atomic E-state index is 5.54. The van der Waals surface area contributed by atoms with Crippen LogP contribution in [0.15, 0.2) is 24.3 Å². The SMILES string of the molecule is COc1ccccc1N1CCN([C@@H]2CCCN(CC3CC3)C2)CC1. The van der Waals surface area contributed by atoms with Gasteiger partial charge in [0.1, 0.15) is 5.75 Å². The molecular formula is C20H31N3O. The topological polar surface area (TPSA) is 19.0 Å². The van der Waals surface area contributed by atoms with Crippen LogP contribution >= 0.6 is 0 Å². The molecule has 2 saturated heterocycles. The Kier molecular flexibility index (Phi) is 4.95. The second-order valence-corrected chi connectivity index (χ2v) is 7.69. The molecule has 1 aromatic rings. The van der Waals surface area contributed by atoms with Crippen molar-refractivity contribution in [2.24, 2.45) is 5.92 Å². The average molecular weight is 329 g/mol. The van der Waals surface area contributed by atoms with Gasteiger partial charge in [0, 0.05) is 45.3 Å². The van der Waals surface area contributed by atoms with Gasteiger partial charge in [-0.15, -0.1) is 0 Å². The predicted molar refractivity (Wildman–Crippen MR) is 99.0 cm³/mol. The van der Waals surface area contributed by atoms with E-state index in [1.54, 1.807) is 7.11 Å². The highest BCUT2D eigenvalue weighted by Gasteiger charge is 2.31. The highest BCUT2D eigenvalue weighted by molar-refractivity contribution is 5.58. The van der Waals surface area contributed by atoms with Crippen LogP contribution < -0.4 is 9.64 Å². The maximum atomic E-state index is 5.54. The third-order valence-electron chi connectivity index (χ3n) is 5.95. The Morgan fingerprint density at radius 3 is 2.54 bits per heavy atom. The molecule has 4 nitrogen and oxygen atoms in total. The molecule has 4 rings (SSSR count). The van der Waals surface area contributed by atoms with Crippen molar-refractivity contribution in [3.05, 3.63) is 24.3 Å². The molecule has 0 radical (unpaired) electrons. The van der Waals surface area contributed by atoms with Crippen LogP contribution in [0.25, 0.3) is 0 Å². The Hall–Kier alpha value is -1.26. The Bertz CT molecular complexity index is 537. The van der Waals surface area contributed by atoms with E-state index in [4.69, 9.17) is 4.74 Å². The van der Waals surface area contributed by atoms with E-state index in [1.807, 2.05) is 0 Å². The number of ether oxygens (including phenoxy) is 1. The largest absolute Gasteiger partial charge is 0.495 e. The smallest absolute Gasteiger partial charge is 0.142 e. The summed E-state index contributed by atoms with van der Waals surface area (Å²) < 4.78 is 5.54. The summed E-state index contributed by atoms with van der Waals surface area (Å²) in [7, 11) is 1.77. The van der Waals surface area contributed by atoms with Crippen molar-refractivity contribution in [2.75, 3.05) is 57.8 Å². The van der Waals surface area contributed by atoms with Gasteiger partial charge in [-0.3, -0.25) is 4.90 Å². The van der Waals surface area contributed by atoms with Gasteiger partial charge in [-0.1, -0.05) is 12.1 Å². The Balaban J connectivity index is 1.32. The van der Waals surface area contributed by atoms with Gasteiger partial charge in [0.25, 0.3) is 0 Å². The zero-order chi connectivity index (χ0) is 16.4. The molecule has 132 valence electrons. The fraction of sp³-hybridized carbons (Fsp3) is 0.700. The molecule has 4 heteroatoms. The second-order valence-electron chi connectivity index (χ2n) is 7.69. The first-order valence-corrected chi connectivity index (χ1v) is 9.68. The lowest BCUT2D eigenvalue weighted by molar-refractivity contribution is 0.0900. The standard InChI is InChI=1S/C20H31N3O/c1-24-20-7-3-2-6-19(20)23-13-11-22(12-14-23)18-5-4-10-21(16-18)15-17-8-9-17/h2-3,6-7,17-18H,4-5,8-16H2,1H3/t18-/m1/s1. The molecule has 3 fully saturated rings. The molecule has 24 heavy (non-hydrogen) atoms. The third kappa shape index (κ3) is 3.70. The Morgan fingerprint density at radius 1 is 1.00 bits per heavy atom. The monoisotopic (exact) mass is 329 g/mol. The number of anilines is 1. The molecule has 1 atom stereocenters. The van der Waals surface area contributed by atoms with Gasteiger partial charge in [0.2, 0.25) is 0 Å². The number of rotatable bonds is 5. The van der Waals surface area contributed by atoms with Crippen LogP contribution in [0, 0.1) is 5.92 Å². The van der Waals surface area contributed by atoms with Crippen LogP contribution in [0.4, 0.5) is 5.69 Å². The first-order chi connectivity index (χ1) is 11.8. The highest BCUT2D eigenvalue weighted by Crippen LogP contribution is 2.32. The molecule has 1 saturated carbocycles. The van der Waals surface area contributed by atoms with E-state index in [0.29, 0.717) is 0 Å². The molecule has 2 aliphatic heterocycles. The van der Waals surface area contributed by atoms with Crippen molar-refractivity contribution in [3.8, 4) is 5.75 Å². The van der Waals surface area contributed by atoms with Gasteiger partial charge >= 0.3 is 0 Å². The van der Waals surface area contributed by atoms with E-state index in [0.717, 1.165) is 30.8 Å². The Morgan fingerprint density at radius 2 is 1.79 bits per heavy atom. The van der Waals surface area contributed by atoms with Crippen LogP contribution in [0.1, 0.15) is 25.7 Å². The summed E-state index contributed by atoms with van der Waals surface area (Å²) >= 11 is 0. The molecule has 3 aliphatic rings. The van der Waals surface area contributed by atoms with Crippen LogP contribution in [-0.4, -0.2) is 68.8 Å². The van der Waals surface area contributed by atoms with E-state index in [-0.39, 0.29) is 0 Å². The number of nitrogens with zero attached hydrogens (tertiary/aromatic N) is 3. The van der Waals surface area contributed by atoms with Gasteiger partial charge in [-0.2, -0.15) is 0 Å². The molecule has 1 aromatic carbocycles. The van der Waals surface area contributed by atoms with Crippen LogP contribution in [0.5, 0.6) is 5.75 Å². The third-order valence-corrected chi connectivity index (χ3v) is 5.95. The lowest BCUT2D eigenvalue weighted by Gasteiger charge is -2.44. The highest BCUT2D eigenvalue weighted by atomic mass is 16.5. The molecule has 0 aromatic heterocycles. The minimum atomic E-state index is 0.775. The number of para-hydroxylation sites is 2. The number of likely N-dealkylation sites (tertiary alicyclic amines) is 1. The summed E-state index contributed by atoms with van der Waals surface area (Å²) in [6, 6.07) is 9.19. The average Bonchev–Trinajstić information content (AvgIpc) is 3.46. The van der Waals surface area contributed by atoms with E-state index >= 15 is 0 Å². The summed E-state index contributed by atoms with van der Waals surface area (Å²) in [5.41, 5.74) is 1.25. The van der Waals surface area contributed by atoms with E-state index in [2.05, 4.69) is 39.0 Å². The van der Waals surface area contributed by atoms with Crippen LogP contribution in [-0.2, 0) is 0 Å². The van der Waals surface area contributed by atoms with Crippen molar-refractivity contribution in [2.45, 2.75) is 31.7 Å². The van der Waals surface area contributed by atoms with Gasteiger partial charge in [-0.05, 0) is 50.3 Å².